The van der Waals surface area contributed by atoms with Crippen molar-refractivity contribution in [3.8, 4) is 0 Å². The highest BCUT2D eigenvalue weighted by atomic mass is 16.5. The maximum absolute atomic E-state index is 11.4. The molecule has 0 radical (unpaired) electrons. The molecule has 0 amide bonds. The maximum atomic E-state index is 11.4. The van der Waals surface area contributed by atoms with Gasteiger partial charge in [-0.15, -0.1) is 0 Å². The fraction of sp³-hybridized carbons (Fsp3) is 0.900. The molecule has 0 heterocycles. The topological polar surface area (TPSA) is 47.6 Å². The summed E-state index contributed by atoms with van der Waals surface area (Å²) in [5.74, 6) is -0.211. The second-order valence-electron chi connectivity index (χ2n) is 3.62. The Balaban J connectivity index is 3.76. The lowest BCUT2D eigenvalue weighted by Crippen LogP contribution is -2.48. The number of carbonyl (C=O) groups is 1. The average molecular weight is 203 g/mol. The number of rotatable bonds is 7. The predicted molar refractivity (Wildman–Crippen MR) is 55.2 cm³/mol. The summed E-state index contributed by atoms with van der Waals surface area (Å²) >= 11 is 0. The third kappa shape index (κ3) is 5.19. The summed E-state index contributed by atoms with van der Waals surface area (Å²) in [6.45, 7) is 7.31. The molecule has 0 aliphatic rings. The first-order valence-corrected chi connectivity index (χ1v) is 4.95. The van der Waals surface area contributed by atoms with Crippen LogP contribution in [0.15, 0.2) is 0 Å². The fourth-order valence-corrected chi connectivity index (χ4v) is 1.00. The van der Waals surface area contributed by atoms with E-state index < -0.39 is 5.54 Å². The van der Waals surface area contributed by atoms with E-state index in [4.69, 9.17) is 9.47 Å². The molecule has 0 aliphatic carbocycles. The molecule has 4 nitrogen and oxygen atoms in total. The number of esters is 1. The van der Waals surface area contributed by atoms with Gasteiger partial charge < -0.3 is 14.8 Å². The number of hydrogen-bond donors (Lipinski definition) is 1. The lowest BCUT2D eigenvalue weighted by Gasteiger charge is -2.23. The van der Waals surface area contributed by atoms with E-state index >= 15 is 0 Å². The number of nitrogens with one attached hydrogen (secondary N) is 1. The molecular weight excluding hydrogens is 182 g/mol. The standard InChI is InChI=1S/C10H21NO3/c1-5-14-9(12)10(2,3)11-7-6-8-13-4/h11H,5-8H2,1-4H3. The molecule has 4 heteroatoms. The van der Waals surface area contributed by atoms with Gasteiger partial charge in [0.1, 0.15) is 5.54 Å². The molecule has 0 fully saturated rings. The molecule has 0 aliphatic heterocycles. The van der Waals surface area contributed by atoms with E-state index in [1.165, 1.54) is 0 Å². The molecule has 0 bridgehead atoms. The van der Waals surface area contributed by atoms with E-state index in [-0.39, 0.29) is 5.97 Å². The summed E-state index contributed by atoms with van der Waals surface area (Å²) in [5, 5.41) is 3.12. The van der Waals surface area contributed by atoms with Crippen LogP contribution in [-0.4, -0.2) is 38.4 Å². The highest BCUT2D eigenvalue weighted by Gasteiger charge is 2.27. The zero-order valence-electron chi connectivity index (χ0n) is 9.55. The van der Waals surface area contributed by atoms with Crippen LogP contribution in [0, 0.1) is 0 Å². The summed E-state index contributed by atoms with van der Waals surface area (Å²) in [7, 11) is 1.66. The Morgan fingerprint density at radius 2 is 2.07 bits per heavy atom. The normalized spacial score (nSPS) is 11.4. The van der Waals surface area contributed by atoms with Gasteiger partial charge in [-0.1, -0.05) is 0 Å². The smallest absolute Gasteiger partial charge is 0.325 e. The van der Waals surface area contributed by atoms with Gasteiger partial charge in [-0.3, -0.25) is 4.79 Å². The zero-order chi connectivity index (χ0) is 11.0. The van der Waals surface area contributed by atoms with Crippen LogP contribution in [0.3, 0.4) is 0 Å². The van der Waals surface area contributed by atoms with E-state index in [9.17, 15) is 4.79 Å². The van der Waals surface area contributed by atoms with Gasteiger partial charge in [0.05, 0.1) is 6.61 Å². The largest absolute Gasteiger partial charge is 0.465 e. The van der Waals surface area contributed by atoms with Crippen LogP contribution in [0.1, 0.15) is 27.2 Å². The monoisotopic (exact) mass is 203 g/mol. The Morgan fingerprint density at radius 1 is 1.43 bits per heavy atom. The molecule has 0 aromatic carbocycles. The van der Waals surface area contributed by atoms with E-state index in [0.717, 1.165) is 13.0 Å². The molecule has 1 N–H and O–H groups in total. The highest BCUT2D eigenvalue weighted by Crippen LogP contribution is 2.04. The van der Waals surface area contributed by atoms with Crippen molar-refractivity contribution in [2.75, 3.05) is 26.9 Å². The number of ether oxygens (including phenoxy) is 2. The molecule has 0 atom stereocenters. The maximum Gasteiger partial charge on any atom is 0.325 e. The average Bonchev–Trinajstić information content (AvgIpc) is 2.13. The van der Waals surface area contributed by atoms with Crippen molar-refractivity contribution in [2.45, 2.75) is 32.7 Å². The van der Waals surface area contributed by atoms with Crippen LogP contribution in [0.25, 0.3) is 0 Å². The van der Waals surface area contributed by atoms with Crippen LogP contribution in [0.4, 0.5) is 0 Å². The predicted octanol–water partition coefficient (Wildman–Crippen LogP) is 0.954. The molecule has 0 aromatic heterocycles. The van der Waals surface area contributed by atoms with Gasteiger partial charge in [-0.05, 0) is 33.7 Å². The molecule has 0 unspecified atom stereocenters. The second-order valence-corrected chi connectivity index (χ2v) is 3.62. The minimum Gasteiger partial charge on any atom is -0.465 e. The van der Waals surface area contributed by atoms with Gasteiger partial charge >= 0.3 is 5.97 Å². The first-order chi connectivity index (χ1) is 6.54. The SMILES string of the molecule is CCOC(=O)C(C)(C)NCCCOC. The minimum absolute atomic E-state index is 0.211. The summed E-state index contributed by atoms with van der Waals surface area (Å²) < 4.78 is 9.84. The van der Waals surface area contributed by atoms with Crippen LogP contribution in [0.2, 0.25) is 0 Å². The number of hydrogen-bond acceptors (Lipinski definition) is 4. The quantitative estimate of drug-likeness (QED) is 0.494. The van der Waals surface area contributed by atoms with Crippen molar-refractivity contribution in [1.82, 2.24) is 5.32 Å². The number of carbonyl (C=O) groups excluding carboxylic acids is 1. The van der Waals surface area contributed by atoms with Gasteiger partial charge in [0.25, 0.3) is 0 Å². The van der Waals surface area contributed by atoms with E-state index in [0.29, 0.717) is 13.2 Å². The zero-order valence-corrected chi connectivity index (χ0v) is 9.55. The summed E-state index contributed by atoms with van der Waals surface area (Å²) in [6.07, 6.45) is 0.888. The van der Waals surface area contributed by atoms with E-state index in [1.807, 2.05) is 13.8 Å². The fourth-order valence-electron chi connectivity index (χ4n) is 1.00. The van der Waals surface area contributed by atoms with Crippen molar-refractivity contribution < 1.29 is 14.3 Å². The summed E-state index contributed by atoms with van der Waals surface area (Å²) in [6, 6.07) is 0. The summed E-state index contributed by atoms with van der Waals surface area (Å²) in [5.41, 5.74) is -0.607. The third-order valence-electron chi connectivity index (χ3n) is 1.88. The molecular formula is C10H21NO3. The van der Waals surface area contributed by atoms with Gasteiger partial charge in [-0.25, -0.2) is 0 Å². The third-order valence-corrected chi connectivity index (χ3v) is 1.88. The van der Waals surface area contributed by atoms with Gasteiger partial charge in [0.15, 0.2) is 0 Å². The molecule has 0 spiro atoms. The van der Waals surface area contributed by atoms with Crippen molar-refractivity contribution in [3.05, 3.63) is 0 Å². The number of methoxy groups -OCH3 is 1. The first-order valence-electron chi connectivity index (χ1n) is 4.95. The molecule has 0 aromatic rings. The Kier molecular flexibility index (Phi) is 6.49. The van der Waals surface area contributed by atoms with Crippen molar-refractivity contribution in [2.24, 2.45) is 0 Å². The van der Waals surface area contributed by atoms with Crippen LogP contribution >= 0.6 is 0 Å². The lowest BCUT2D eigenvalue weighted by molar-refractivity contribution is -0.149. The van der Waals surface area contributed by atoms with Gasteiger partial charge in [0, 0.05) is 13.7 Å². The highest BCUT2D eigenvalue weighted by molar-refractivity contribution is 5.79. The molecule has 0 saturated carbocycles. The van der Waals surface area contributed by atoms with Crippen LogP contribution in [-0.2, 0) is 14.3 Å². The van der Waals surface area contributed by atoms with Crippen molar-refractivity contribution in [3.63, 3.8) is 0 Å². The Morgan fingerprint density at radius 3 is 2.57 bits per heavy atom. The molecule has 0 rings (SSSR count). The van der Waals surface area contributed by atoms with Crippen LogP contribution in [0.5, 0.6) is 0 Å². The Labute approximate surface area is 86.0 Å². The van der Waals surface area contributed by atoms with Crippen molar-refractivity contribution >= 4 is 5.97 Å². The molecule has 84 valence electrons. The van der Waals surface area contributed by atoms with E-state index in [2.05, 4.69) is 5.32 Å². The second kappa shape index (κ2) is 6.79. The summed E-state index contributed by atoms with van der Waals surface area (Å²) in [4.78, 5) is 11.4. The minimum atomic E-state index is -0.607. The van der Waals surface area contributed by atoms with Gasteiger partial charge in [-0.2, -0.15) is 0 Å². The molecule has 14 heavy (non-hydrogen) atoms. The van der Waals surface area contributed by atoms with E-state index in [1.54, 1.807) is 14.0 Å². The van der Waals surface area contributed by atoms with Crippen molar-refractivity contribution in [1.29, 1.82) is 0 Å². The van der Waals surface area contributed by atoms with Gasteiger partial charge in [0.2, 0.25) is 0 Å². The Hall–Kier alpha value is -0.610. The first kappa shape index (κ1) is 13.4. The lowest BCUT2D eigenvalue weighted by atomic mass is 10.1. The van der Waals surface area contributed by atoms with Crippen LogP contribution < -0.4 is 5.32 Å². The molecule has 0 saturated heterocycles. The Bertz CT molecular complexity index is 169.